The molecular weight excluding hydrogens is 390 g/mol. The molecule has 2 heterocycles. The summed E-state index contributed by atoms with van der Waals surface area (Å²) in [5.74, 6) is -0.488. The van der Waals surface area contributed by atoms with Gasteiger partial charge < -0.3 is 4.42 Å². The van der Waals surface area contributed by atoms with Crippen molar-refractivity contribution in [1.82, 2.24) is 15.3 Å². The topological polar surface area (TPSA) is 69.0 Å². The molecule has 0 bridgehead atoms. The minimum Gasteiger partial charge on any atom is -0.472 e. The average Bonchev–Trinajstić information content (AvgIpc) is 3.31. The lowest BCUT2D eigenvalue weighted by molar-refractivity contribution is 0.0291. The van der Waals surface area contributed by atoms with Crippen LogP contribution in [0.25, 0.3) is 11.1 Å². The number of carbonyl (C=O) groups is 1. The highest BCUT2D eigenvalue weighted by Gasteiger charge is 2.29. The van der Waals surface area contributed by atoms with E-state index in [1.54, 1.807) is 30.1 Å². The lowest BCUT2D eigenvalue weighted by atomic mass is 9.99. The van der Waals surface area contributed by atoms with Gasteiger partial charge in [-0.1, -0.05) is 36.4 Å². The first-order chi connectivity index (χ1) is 15.0. The minimum absolute atomic E-state index is 0.417. The third kappa shape index (κ3) is 4.88. The van der Waals surface area contributed by atoms with Gasteiger partial charge in [-0.25, -0.2) is 5.48 Å². The van der Waals surface area contributed by atoms with E-state index in [0.29, 0.717) is 17.6 Å². The van der Waals surface area contributed by atoms with Crippen molar-refractivity contribution in [3.05, 3.63) is 83.8 Å². The van der Waals surface area contributed by atoms with Crippen molar-refractivity contribution in [2.75, 3.05) is 13.1 Å². The molecule has 162 valence electrons. The standard InChI is InChI=1S/C25H29N3O3/c1-18-13-27(15-20-7-9-21(10-8-20)25(29)26-30)14-19(2)28(18)16-22-5-3-4-6-24(22)23-11-12-31-17-23/h3-12,17-19,30H,13-16H2,1-2H3,(H,26,29)/t18-,19+. The number of rotatable bonds is 6. The Morgan fingerprint density at radius 3 is 2.39 bits per heavy atom. The summed E-state index contributed by atoms with van der Waals surface area (Å²) in [6.45, 7) is 8.29. The Hall–Kier alpha value is -2.93. The van der Waals surface area contributed by atoms with Crippen LogP contribution in [-0.4, -0.2) is 46.1 Å². The maximum atomic E-state index is 11.5. The van der Waals surface area contributed by atoms with Crippen molar-refractivity contribution in [1.29, 1.82) is 0 Å². The summed E-state index contributed by atoms with van der Waals surface area (Å²) in [4.78, 5) is 16.5. The molecule has 2 atom stereocenters. The van der Waals surface area contributed by atoms with Crippen molar-refractivity contribution in [3.8, 4) is 11.1 Å². The third-order valence-electron chi connectivity index (χ3n) is 6.10. The molecular formula is C25H29N3O3. The number of benzene rings is 2. The number of carbonyl (C=O) groups excluding carboxylic acids is 1. The van der Waals surface area contributed by atoms with Crippen molar-refractivity contribution in [2.24, 2.45) is 0 Å². The number of hydroxylamine groups is 1. The van der Waals surface area contributed by atoms with Crippen molar-refractivity contribution in [3.63, 3.8) is 0 Å². The van der Waals surface area contributed by atoms with Crippen LogP contribution in [-0.2, 0) is 13.1 Å². The molecule has 0 aliphatic carbocycles. The van der Waals surface area contributed by atoms with E-state index >= 15 is 0 Å². The van der Waals surface area contributed by atoms with Crippen molar-refractivity contribution >= 4 is 5.91 Å². The summed E-state index contributed by atoms with van der Waals surface area (Å²) >= 11 is 0. The van der Waals surface area contributed by atoms with Gasteiger partial charge in [-0.2, -0.15) is 0 Å². The molecule has 1 aliphatic rings. The van der Waals surface area contributed by atoms with Gasteiger partial charge in [-0.15, -0.1) is 0 Å². The zero-order chi connectivity index (χ0) is 21.8. The quantitative estimate of drug-likeness (QED) is 0.464. The van der Waals surface area contributed by atoms with Crippen LogP contribution in [0.3, 0.4) is 0 Å². The Kier molecular flexibility index (Phi) is 6.51. The van der Waals surface area contributed by atoms with Gasteiger partial charge in [-0.05, 0) is 48.7 Å². The van der Waals surface area contributed by atoms with Crippen LogP contribution in [0, 0.1) is 0 Å². The monoisotopic (exact) mass is 419 g/mol. The van der Waals surface area contributed by atoms with E-state index in [2.05, 4.69) is 47.9 Å². The molecule has 0 unspecified atom stereocenters. The minimum atomic E-state index is -0.488. The maximum Gasteiger partial charge on any atom is 0.274 e. The van der Waals surface area contributed by atoms with Crippen molar-refractivity contribution in [2.45, 2.75) is 39.0 Å². The smallest absolute Gasteiger partial charge is 0.274 e. The first-order valence-electron chi connectivity index (χ1n) is 10.7. The van der Waals surface area contributed by atoms with E-state index in [0.717, 1.165) is 37.3 Å². The molecule has 2 aromatic carbocycles. The van der Waals surface area contributed by atoms with Crippen LogP contribution < -0.4 is 5.48 Å². The van der Waals surface area contributed by atoms with E-state index < -0.39 is 5.91 Å². The number of furan rings is 1. The second-order valence-electron chi connectivity index (χ2n) is 8.37. The number of hydrogen-bond acceptors (Lipinski definition) is 5. The normalized spacial score (nSPS) is 20.0. The van der Waals surface area contributed by atoms with E-state index in [1.165, 1.54) is 11.1 Å². The molecule has 0 saturated carbocycles. The first-order valence-corrected chi connectivity index (χ1v) is 10.7. The van der Waals surface area contributed by atoms with Gasteiger partial charge in [0.05, 0.1) is 12.5 Å². The fourth-order valence-corrected chi connectivity index (χ4v) is 4.55. The highest BCUT2D eigenvalue weighted by atomic mass is 16.5. The highest BCUT2D eigenvalue weighted by molar-refractivity contribution is 5.93. The van der Waals surface area contributed by atoms with Crippen LogP contribution in [0.4, 0.5) is 0 Å². The van der Waals surface area contributed by atoms with Crippen LogP contribution in [0.2, 0.25) is 0 Å². The number of nitrogens with zero attached hydrogens (tertiary/aromatic N) is 2. The summed E-state index contributed by atoms with van der Waals surface area (Å²) in [5, 5.41) is 8.76. The highest BCUT2D eigenvalue weighted by Crippen LogP contribution is 2.28. The van der Waals surface area contributed by atoms with Gasteiger partial charge in [-0.3, -0.25) is 19.8 Å². The predicted octanol–water partition coefficient (Wildman–Crippen LogP) is 4.16. The van der Waals surface area contributed by atoms with Gasteiger partial charge in [0, 0.05) is 49.4 Å². The van der Waals surface area contributed by atoms with E-state index in [1.807, 2.05) is 18.2 Å². The van der Waals surface area contributed by atoms with E-state index in [-0.39, 0.29) is 0 Å². The fourth-order valence-electron chi connectivity index (χ4n) is 4.55. The Labute approximate surface area is 183 Å². The molecule has 0 radical (unpaired) electrons. The summed E-state index contributed by atoms with van der Waals surface area (Å²) in [6.07, 6.45) is 3.53. The molecule has 1 amide bonds. The van der Waals surface area contributed by atoms with Crippen LogP contribution in [0.1, 0.15) is 35.3 Å². The number of piperazine rings is 1. The molecule has 6 nitrogen and oxygen atoms in total. The number of nitrogens with one attached hydrogen (secondary N) is 1. The summed E-state index contributed by atoms with van der Waals surface area (Å²) < 4.78 is 5.30. The molecule has 2 N–H and O–H groups in total. The van der Waals surface area contributed by atoms with Gasteiger partial charge in [0.25, 0.3) is 5.91 Å². The molecule has 3 aromatic rings. The maximum absolute atomic E-state index is 11.5. The van der Waals surface area contributed by atoms with Gasteiger partial charge in [0.1, 0.15) is 0 Å². The Balaban J connectivity index is 1.42. The van der Waals surface area contributed by atoms with E-state index in [4.69, 9.17) is 9.62 Å². The van der Waals surface area contributed by atoms with Gasteiger partial charge in [0.15, 0.2) is 0 Å². The fraction of sp³-hybridized carbons (Fsp3) is 0.320. The summed E-state index contributed by atoms with van der Waals surface area (Å²) in [6, 6.07) is 18.8. The van der Waals surface area contributed by atoms with Crippen LogP contribution in [0.5, 0.6) is 0 Å². The summed E-state index contributed by atoms with van der Waals surface area (Å²) in [5.41, 5.74) is 6.94. The molecule has 0 spiro atoms. The summed E-state index contributed by atoms with van der Waals surface area (Å²) in [7, 11) is 0. The molecule has 4 rings (SSSR count). The molecule has 31 heavy (non-hydrogen) atoms. The molecule has 1 fully saturated rings. The molecule has 6 heteroatoms. The lowest BCUT2D eigenvalue weighted by Gasteiger charge is -2.44. The SMILES string of the molecule is C[C@@H]1CN(Cc2ccc(C(=O)NO)cc2)C[C@H](C)N1Cc1ccccc1-c1ccoc1. The number of amides is 1. The average molecular weight is 420 g/mol. The lowest BCUT2D eigenvalue weighted by Crippen LogP contribution is -2.55. The van der Waals surface area contributed by atoms with Crippen molar-refractivity contribution < 1.29 is 14.4 Å². The third-order valence-corrected chi connectivity index (χ3v) is 6.10. The van der Waals surface area contributed by atoms with Crippen LogP contribution in [0.15, 0.2) is 71.5 Å². The number of hydrogen-bond donors (Lipinski definition) is 2. The Morgan fingerprint density at radius 1 is 1.03 bits per heavy atom. The second-order valence-corrected chi connectivity index (χ2v) is 8.37. The first kappa shape index (κ1) is 21.3. The molecule has 1 aromatic heterocycles. The van der Waals surface area contributed by atoms with Crippen LogP contribution >= 0.6 is 0 Å². The van der Waals surface area contributed by atoms with E-state index in [9.17, 15) is 4.79 Å². The zero-order valence-corrected chi connectivity index (χ0v) is 18.0. The van der Waals surface area contributed by atoms with Gasteiger partial charge in [0.2, 0.25) is 0 Å². The molecule has 1 saturated heterocycles. The largest absolute Gasteiger partial charge is 0.472 e. The Morgan fingerprint density at radius 2 is 1.74 bits per heavy atom. The predicted molar refractivity (Wildman–Crippen MR) is 120 cm³/mol. The van der Waals surface area contributed by atoms with Gasteiger partial charge >= 0.3 is 0 Å². The zero-order valence-electron chi connectivity index (χ0n) is 18.0. The second kappa shape index (κ2) is 9.47. The Bertz CT molecular complexity index is 989. The molecule has 1 aliphatic heterocycles.